The van der Waals surface area contributed by atoms with Crippen molar-refractivity contribution in [3.8, 4) is 0 Å². The molecule has 1 saturated heterocycles. The molecule has 14 heavy (non-hydrogen) atoms. The van der Waals surface area contributed by atoms with Crippen LogP contribution in [0.3, 0.4) is 0 Å². The maximum absolute atomic E-state index is 4.30. The zero-order valence-corrected chi connectivity index (χ0v) is 9.48. The summed E-state index contributed by atoms with van der Waals surface area (Å²) >= 11 is 0. The first-order valence-corrected chi connectivity index (χ1v) is 4.33. The Labute approximate surface area is 96.7 Å². The van der Waals surface area contributed by atoms with Gasteiger partial charge in [-0.05, 0) is 12.1 Å². The molecule has 2 heterocycles. The smallest absolute Gasteiger partial charge is 0.128 e. The normalized spacial score (nSPS) is 15.3. The van der Waals surface area contributed by atoms with E-state index in [4.69, 9.17) is 0 Å². The fourth-order valence-electron chi connectivity index (χ4n) is 1.43. The summed E-state index contributed by atoms with van der Waals surface area (Å²) in [5, 5.41) is 3.32. The summed E-state index contributed by atoms with van der Waals surface area (Å²) in [7, 11) is 0. The van der Waals surface area contributed by atoms with E-state index in [1.54, 1.807) is 0 Å². The minimum Gasteiger partial charge on any atom is -0.354 e. The van der Waals surface area contributed by atoms with Crippen LogP contribution in [-0.4, -0.2) is 31.2 Å². The first kappa shape index (κ1) is 13.5. The molecule has 0 atom stereocenters. The van der Waals surface area contributed by atoms with Gasteiger partial charge in [-0.25, -0.2) is 4.98 Å². The first-order valence-electron chi connectivity index (χ1n) is 4.33. The van der Waals surface area contributed by atoms with Gasteiger partial charge in [-0.1, -0.05) is 6.07 Å². The molecule has 0 radical (unpaired) electrons. The highest BCUT2D eigenvalue weighted by Crippen LogP contribution is 2.08. The lowest BCUT2D eigenvalue weighted by Crippen LogP contribution is -2.43. The van der Waals surface area contributed by atoms with Gasteiger partial charge in [0.25, 0.3) is 0 Å². The summed E-state index contributed by atoms with van der Waals surface area (Å²) in [5.41, 5.74) is 0. The van der Waals surface area contributed by atoms with Crippen molar-refractivity contribution < 1.29 is 0 Å². The Kier molecular flexibility index (Phi) is 6.62. The van der Waals surface area contributed by atoms with Crippen LogP contribution in [0.2, 0.25) is 0 Å². The van der Waals surface area contributed by atoms with Crippen molar-refractivity contribution >= 4 is 30.6 Å². The third-order valence-electron chi connectivity index (χ3n) is 2.09. The second-order valence-electron chi connectivity index (χ2n) is 2.92. The Bertz CT molecular complexity index is 237. The van der Waals surface area contributed by atoms with Crippen LogP contribution in [0.4, 0.5) is 5.82 Å². The van der Waals surface area contributed by atoms with Crippen LogP contribution in [0.5, 0.6) is 0 Å². The third kappa shape index (κ3) is 3.33. The third-order valence-corrected chi connectivity index (χ3v) is 2.09. The summed E-state index contributed by atoms with van der Waals surface area (Å²) in [6, 6.07) is 6.04. The molecule has 0 amide bonds. The molecule has 0 spiro atoms. The van der Waals surface area contributed by atoms with Crippen molar-refractivity contribution in [2.75, 3.05) is 31.1 Å². The number of hydrogen-bond acceptors (Lipinski definition) is 3. The number of nitrogens with zero attached hydrogens (tertiary/aromatic N) is 2. The quantitative estimate of drug-likeness (QED) is 0.797. The van der Waals surface area contributed by atoms with Gasteiger partial charge in [-0.15, -0.1) is 24.8 Å². The van der Waals surface area contributed by atoms with Crippen LogP contribution < -0.4 is 10.2 Å². The fourth-order valence-corrected chi connectivity index (χ4v) is 1.43. The molecule has 1 aromatic rings. The number of pyridine rings is 1. The van der Waals surface area contributed by atoms with E-state index in [2.05, 4.69) is 21.3 Å². The topological polar surface area (TPSA) is 28.2 Å². The molecule has 0 aliphatic carbocycles. The van der Waals surface area contributed by atoms with Crippen LogP contribution in [0.25, 0.3) is 0 Å². The molecule has 5 heteroatoms. The van der Waals surface area contributed by atoms with E-state index in [-0.39, 0.29) is 24.8 Å². The minimum absolute atomic E-state index is 0. The van der Waals surface area contributed by atoms with Crippen molar-refractivity contribution in [3.63, 3.8) is 0 Å². The van der Waals surface area contributed by atoms with Gasteiger partial charge < -0.3 is 10.2 Å². The summed E-state index contributed by atoms with van der Waals surface area (Å²) in [5.74, 6) is 1.10. The monoisotopic (exact) mass is 235 g/mol. The molecule has 1 aliphatic heterocycles. The number of nitrogens with one attached hydrogen (secondary N) is 1. The van der Waals surface area contributed by atoms with Crippen molar-refractivity contribution in [2.24, 2.45) is 0 Å². The molecular weight excluding hydrogens is 221 g/mol. The molecule has 1 aliphatic rings. The number of hydrogen-bond donors (Lipinski definition) is 1. The Morgan fingerprint density at radius 1 is 1.14 bits per heavy atom. The van der Waals surface area contributed by atoms with Gasteiger partial charge in [0, 0.05) is 32.4 Å². The van der Waals surface area contributed by atoms with E-state index in [0.29, 0.717) is 0 Å². The van der Waals surface area contributed by atoms with E-state index >= 15 is 0 Å². The number of aromatic nitrogens is 1. The Hall–Kier alpha value is -0.510. The predicted molar refractivity (Wildman–Crippen MR) is 63.8 cm³/mol. The van der Waals surface area contributed by atoms with Crippen molar-refractivity contribution in [1.29, 1.82) is 0 Å². The molecule has 0 unspecified atom stereocenters. The van der Waals surface area contributed by atoms with Gasteiger partial charge in [0.2, 0.25) is 0 Å². The SMILES string of the molecule is Cl.Cl.c1ccc(N2CCNCC2)nc1. The zero-order chi connectivity index (χ0) is 8.23. The highest BCUT2D eigenvalue weighted by Gasteiger charge is 2.09. The van der Waals surface area contributed by atoms with Gasteiger partial charge in [-0.3, -0.25) is 0 Å². The van der Waals surface area contributed by atoms with E-state index in [0.717, 1.165) is 32.0 Å². The van der Waals surface area contributed by atoms with Crippen LogP contribution in [0, 0.1) is 0 Å². The molecule has 2 rings (SSSR count). The van der Waals surface area contributed by atoms with Gasteiger partial charge in [0.05, 0.1) is 0 Å². The highest BCUT2D eigenvalue weighted by molar-refractivity contribution is 5.85. The maximum Gasteiger partial charge on any atom is 0.128 e. The predicted octanol–water partition coefficient (Wildman–Crippen LogP) is 1.33. The Morgan fingerprint density at radius 3 is 2.43 bits per heavy atom. The largest absolute Gasteiger partial charge is 0.354 e. The number of halogens is 2. The van der Waals surface area contributed by atoms with Gasteiger partial charge >= 0.3 is 0 Å². The van der Waals surface area contributed by atoms with Gasteiger partial charge in [0.1, 0.15) is 5.82 Å². The lowest BCUT2D eigenvalue weighted by molar-refractivity contribution is 0.585. The van der Waals surface area contributed by atoms with Crippen molar-refractivity contribution in [1.82, 2.24) is 10.3 Å². The van der Waals surface area contributed by atoms with E-state index in [1.807, 2.05) is 18.3 Å². The maximum atomic E-state index is 4.30. The van der Waals surface area contributed by atoms with Gasteiger partial charge in [-0.2, -0.15) is 0 Å². The summed E-state index contributed by atoms with van der Waals surface area (Å²) in [6.45, 7) is 4.27. The van der Waals surface area contributed by atoms with E-state index < -0.39 is 0 Å². The fraction of sp³-hybridized carbons (Fsp3) is 0.444. The summed E-state index contributed by atoms with van der Waals surface area (Å²) < 4.78 is 0. The van der Waals surface area contributed by atoms with E-state index in [1.165, 1.54) is 0 Å². The van der Waals surface area contributed by atoms with E-state index in [9.17, 15) is 0 Å². The van der Waals surface area contributed by atoms with Gasteiger partial charge in [0.15, 0.2) is 0 Å². The number of piperazine rings is 1. The molecule has 0 bridgehead atoms. The van der Waals surface area contributed by atoms with Crippen LogP contribution in [0.15, 0.2) is 24.4 Å². The summed E-state index contributed by atoms with van der Waals surface area (Å²) in [4.78, 5) is 6.60. The molecule has 0 aromatic carbocycles. The lowest BCUT2D eigenvalue weighted by atomic mass is 10.3. The second-order valence-corrected chi connectivity index (χ2v) is 2.92. The average Bonchev–Trinajstić information content (AvgIpc) is 2.21. The van der Waals surface area contributed by atoms with Crippen molar-refractivity contribution in [3.05, 3.63) is 24.4 Å². The zero-order valence-electron chi connectivity index (χ0n) is 7.85. The molecule has 80 valence electrons. The van der Waals surface area contributed by atoms with Crippen molar-refractivity contribution in [2.45, 2.75) is 0 Å². The summed E-state index contributed by atoms with van der Waals surface area (Å²) in [6.07, 6.45) is 1.84. The first-order chi connectivity index (χ1) is 5.97. The molecule has 1 fully saturated rings. The lowest BCUT2D eigenvalue weighted by Gasteiger charge is -2.28. The second kappa shape index (κ2) is 6.87. The molecule has 1 N–H and O–H groups in total. The number of anilines is 1. The van der Waals surface area contributed by atoms with Crippen LogP contribution >= 0.6 is 24.8 Å². The molecule has 1 aromatic heterocycles. The van der Waals surface area contributed by atoms with Crippen LogP contribution in [-0.2, 0) is 0 Å². The molecular formula is C9H15Cl2N3. The number of rotatable bonds is 1. The standard InChI is InChI=1S/C9H13N3.2ClH/c1-2-4-11-9(3-1)12-7-5-10-6-8-12;;/h1-4,10H,5-8H2;2*1H. The molecule has 0 saturated carbocycles. The Morgan fingerprint density at radius 2 is 1.86 bits per heavy atom. The highest BCUT2D eigenvalue weighted by atomic mass is 35.5. The minimum atomic E-state index is 0. The van der Waals surface area contributed by atoms with Crippen LogP contribution in [0.1, 0.15) is 0 Å². The average molecular weight is 236 g/mol. The molecule has 3 nitrogen and oxygen atoms in total. The Balaban J connectivity index is 0.000000845.